The van der Waals surface area contributed by atoms with Gasteiger partial charge in [0.15, 0.2) is 0 Å². The third-order valence-corrected chi connectivity index (χ3v) is 2.18. The van der Waals surface area contributed by atoms with E-state index >= 15 is 0 Å². The molecule has 0 fully saturated rings. The second-order valence-corrected chi connectivity index (χ2v) is 3.35. The van der Waals surface area contributed by atoms with E-state index in [-0.39, 0.29) is 5.28 Å². The molecule has 5 nitrogen and oxygen atoms in total. The van der Waals surface area contributed by atoms with Crippen LogP contribution < -0.4 is 5.32 Å². The molecule has 0 spiro atoms. The summed E-state index contributed by atoms with van der Waals surface area (Å²) in [5, 5.41) is 7.44. The zero-order valence-corrected chi connectivity index (χ0v) is 8.94. The van der Waals surface area contributed by atoms with Crippen molar-refractivity contribution in [3.8, 4) is 0 Å². The van der Waals surface area contributed by atoms with Crippen molar-refractivity contribution in [1.82, 2.24) is 19.7 Å². The summed E-state index contributed by atoms with van der Waals surface area (Å²) < 4.78 is 1.80. The highest BCUT2D eigenvalue weighted by Gasteiger charge is 1.99. The summed E-state index contributed by atoms with van der Waals surface area (Å²) >= 11 is 5.66. The molecule has 0 aromatic carbocycles. The number of aryl methyl sites for hydroxylation is 1. The van der Waals surface area contributed by atoms with E-state index < -0.39 is 0 Å². The minimum absolute atomic E-state index is 0.241. The Morgan fingerprint density at radius 1 is 1.40 bits per heavy atom. The van der Waals surface area contributed by atoms with Crippen molar-refractivity contribution < 1.29 is 0 Å². The predicted molar refractivity (Wildman–Crippen MR) is 57.6 cm³/mol. The molecule has 15 heavy (non-hydrogen) atoms. The lowest BCUT2D eigenvalue weighted by atomic mass is 10.4. The van der Waals surface area contributed by atoms with Crippen LogP contribution in [0.4, 0.5) is 5.82 Å². The summed E-state index contributed by atoms with van der Waals surface area (Å²) in [5.74, 6) is 0.705. The highest BCUT2D eigenvalue weighted by molar-refractivity contribution is 6.28. The van der Waals surface area contributed by atoms with Gasteiger partial charge in [-0.05, 0) is 23.7 Å². The Bertz CT molecular complexity index is 453. The predicted octanol–water partition coefficient (Wildman–Crippen LogP) is 1.48. The maximum absolute atomic E-state index is 5.66. The van der Waals surface area contributed by atoms with Crippen molar-refractivity contribution in [3.05, 3.63) is 35.5 Å². The fourth-order valence-electron chi connectivity index (χ4n) is 1.19. The molecule has 1 N–H and O–H groups in total. The zero-order chi connectivity index (χ0) is 10.7. The molecule has 0 aliphatic carbocycles. The van der Waals surface area contributed by atoms with Crippen molar-refractivity contribution >= 4 is 17.4 Å². The second kappa shape index (κ2) is 4.27. The van der Waals surface area contributed by atoms with Crippen LogP contribution in [0.15, 0.2) is 24.5 Å². The van der Waals surface area contributed by atoms with Gasteiger partial charge in [0.1, 0.15) is 5.82 Å². The Kier molecular flexibility index (Phi) is 2.82. The molecule has 6 heteroatoms. The van der Waals surface area contributed by atoms with Gasteiger partial charge in [-0.3, -0.25) is 4.68 Å². The lowest BCUT2D eigenvalue weighted by Gasteiger charge is -2.05. The van der Waals surface area contributed by atoms with Gasteiger partial charge in [0.25, 0.3) is 0 Å². The van der Waals surface area contributed by atoms with Crippen LogP contribution in [0.3, 0.4) is 0 Å². The SMILES string of the molecule is Cn1nccc1CNc1ccnc(Cl)n1. The summed E-state index contributed by atoms with van der Waals surface area (Å²) in [6.45, 7) is 0.657. The van der Waals surface area contributed by atoms with Gasteiger partial charge in [0, 0.05) is 19.4 Å². The molecular weight excluding hydrogens is 214 g/mol. The molecule has 0 saturated carbocycles. The fraction of sp³-hybridized carbons (Fsp3) is 0.222. The Morgan fingerprint density at radius 3 is 2.93 bits per heavy atom. The Labute approximate surface area is 92.1 Å². The summed E-state index contributed by atoms with van der Waals surface area (Å²) in [7, 11) is 1.89. The van der Waals surface area contributed by atoms with Crippen LogP contribution in [0, 0.1) is 0 Å². The topological polar surface area (TPSA) is 55.6 Å². The smallest absolute Gasteiger partial charge is 0.224 e. The minimum Gasteiger partial charge on any atom is -0.364 e. The number of nitrogens with zero attached hydrogens (tertiary/aromatic N) is 4. The molecule has 2 heterocycles. The van der Waals surface area contributed by atoms with Gasteiger partial charge in [0.05, 0.1) is 12.2 Å². The van der Waals surface area contributed by atoms with E-state index in [1.807, 2.05) is 13.1 Å². The molecule has 0 radical (unpaired) electrons. The average Bonchev–Trinajstić information content (AvgIpc) is 2.61. The first-order chi connectivity index (χ1) is 7.25. The largest absolute Gasteiger partial charge is 0.364 e. The van der Waals surface area contributed by atoms with Crippen molar-refractivity contribution in [1.29, 1.82) is 0 Å². The third kappa shape index (κ3) is 2.44. The molecule has 0 saturated heterocycles. The van der Waals surface area contributed by atoms with Gasteiger partial charge in [-0.2, -0.15) is 5.10 Å². The molecule has 0 aliphatic heterocycles. The van der Waals surface area contributed by atoms with E-state index in [0.717, 1.165) is 5.69 Å². The molecule has 78 valence electrons. The maximum atomic E-state index is 5.66. The van der Waals surface area contributed by atoms with E-state index in [2.05, 4.69) is 20.4 Å². The number of hydrogen-bond acceptors (Lipinski definition) is 4. The molecule has 0 atom stereocenters. The quantitative estimate of drug-likeness (QED) is 0.801. The summed E-state index contributed by atoms with van der Waals surface area (Å²) in [6.07, 6.45) is 3.37. The zero-order valence-electron chi connectivity index (χ0n) is 8.18. The van der Waals surface area contributed by atoms with Crippen LogP contribution in [0.2, 0.25) is 5.28 Å². The standard InChI is InChI=1S/C9H10ClN5/c1-15-7(2-5-13-15)6-12-8-3-4-11-9(10)14-8/h2-5H,6H2,1H3,(H,11,12,14). The second-order valence-electron chi connectivity index (χ2n) is 3.01. The molecule has 2 aromatic rings. The summed E-state index contributed by atoms with van der Waals surface area (Å²) in [5.41, 5.74) is 1.07. The van der Waals surface area contributed by atoms with Crippen molar-refractivity contribution in [2.45, 2.75) is 6.54 Å². The van der Waals surface area contributed by atoms with E-state index in [1.54, 1.807) is 23.1 Å². The maximum Gasteiger partial charge on any atom is 0.224 e. The first kappa shape index (κ1) is 9.92. The summed E-state index contributed by atoms with van der Waals surface area (Å²) in [4.78, 5) is 7.81. The lowest BCUT2D eigenvalue weighted by molar-refractivity contribution is 0.720. The number of nitrogens with one attached hydrogen (secondary N) is 1. The highest BCUT2D eigenvalue weighted by atomic mass is 35.5. The lowest BCUT2D eigenvalue weighted by Crippen LogP contribution is -2.06. The van der Waals surface area contributed by atoms with Gasteiger partial charge in [-0.25, -0.2) is 9.97 Å². The van der Waals surface area contributed by atoms with Crippen LogP contribution in [0.5, 0.6) is 0 Å². The first-order valence-electron chi connectivity index (χ1n) is 4.45. The molecule has 2 rings (SSSR count). The van der Waals surface area contributed by atoms with Crippen LogP contribution in [0.25, 0.3) is 0 Å². The van der Waals surface area contributed by atoms with Crippen LogP contribution >= 0.6 is 11.6 Å². The number of halogens is 1. The number of aromatic nitrogens is 4. The van der Waals surface area contributed by atoms with Crippen molar-refractivity contribution in [2.75, 3.05) is 5.32 Å². The Hall–Kier alpha value is -1.62. The monoisotopic (exact) mass is 223 g/mol. The van der Waals surface area contributed by atoms with Crippen LogP contribution in [-0.2, 0) is 13.6 Å². The average molecular weight is 224 g/mol. The molecular formula is C9H10ClN5. The highest BCUT2D eigenvalue weighted by Crippen LogP contribution is 2.07. The minimum atomic E-state index is 0.241. The van der Waals surface area contributed by atoms with Gasteiger partial charge in [0.2, 0.25) is 5.28 Å². The Balaban J connectivity index is 2.02. The molecule has 0 amide bonds. The van der Waals surface area contributed by atoms with Gasteiger partial charge in [-0.15, -0.1) is 0 Å². The van der Waals surface area contributed by atoms with Crippen LogP contribution in [0.1, 0.15) is 5.69 Å². The first-order valence-corrected chi connectivity index (χ1v) is 4.83. The number of hydrogen-bond donors (Lipinski definition) is 1. The normalized spacial score (nSPS) is 10.3. The van der Waals surface area contributed by atoms with Crippen molar-refractivity contribution in [3.63, 3.8) is 0 Å². The molecule has 0 bridgehead atoms. The Morgan fingerprint density at radius 2 is 2.27 bits per heavy atom. The van der Waals surface area contributed by atoms with Gasteiger partial charge < -0.3 is 5.32 Å². The molecule has 0 unspecified atom stereocenters. The van der Waals surface area contributed by atoms with E-state index in [9.17, 15) is 0 Å². The molecule has 2 aromatic heterocycles. The third-order valence-electron chi connectivity index (χ3n) is 2.00. The number of rotatable bonds is 3. The number of anilines is 1. The fourth-order valence-corrected chi connectivity index (χ4v) is 1.34. The van der Waals surface area contributed by atoms with E-state index in [4.69, 9.17) is 11.6 Å². The van der Waals surface area contributed by atoms with Gasteiger partial charge in [-0.1, -0.05) is 0 Å². The van der Waals surface area contributed by atoms with E-state index in [0.29, 0.717) is 12.4 Å². The molecule has 0 aliphatic rings. The van der Waals surface area contributed by atoms with Gasteiger partial charge >= 0.3 is 0 Å². The van der Waals surface area contributed by atoms with Crippen molar-refractivity contribution in [2.24, 2.45) is 7.05 Å². The van der Waals surface area contributed by atoms with E-state index in [1.165, 1.54) is 0 Å². The van der Waals surface area contributed by atoms with Crippen LogP contribution in [-0.4, -0.2) is 19.7 Å². The summed E-state index contributed by atoms with van der Waals surface area (Å²) in [6, 6.07) is 3.71.